The summed E-state index contributed by atoms with van der Waals surface area (Å²) in [6.45, 7) is 1.35. The lowest BCUT2D eigenvalue weighted by Gasteiger charge is -2.31. The Morgan fingerprint density at radius 3 is 2.23 bits per heavy atom. The van der Waals surface area contributed by atoms with Gasteiger partial charge in [-0.2, -0.15) is 0 Å². The second kappa shape index (κ2) is 8.63. The molecule has 2 aromatic heterocycles. The molecule has 3 aromatic rings. The van der Waals surface area contributed by atoms with Gasteiger partial charge in [0, 0.05) is 41.7 Å². The molecule has 158 valence electrons. The number of hydrogen-bond acceptors (Lipinski definition) is 6. The van der Waals surface area contributed by atoms with Crippen LogP contribution in [0.5, 0.6) is 11.5 Å². The lowest BCUT2D eigenvalue weighted by atomic mass is 10.0. The second-order valence-electron chi connectivity index (χ2n) is 7.06. The average Bonchev–Trinajstić information content (AvgIpc) is 2.74. The van der Waals surface area contributed by atoms with Gasteiger partial charge in [-0.05, 0) is 25.0 Å². The summed E-state index contributed by atoms with van der Waals surface area (Å²) in [6, 6.07) is 5.31. The number of fused-ring (bicyclic) bond motifs is 1. The van der Waals surface area contributed by atoms with Crippen LogP contribution in [0.25, 0.3) is 22.0 Å². The third-order valence-electron chi connectivity index (χ3n) is 5.25. The van der Waals surface area contributed by atoms with Gasteiger partial charge in [0.05, 0.1) is 36.1 Å². The van der Waals surface area contributed by atoms with Crippen molar-refractivity contribution in [2.45, 2.75) is 18.9 Å². The molecule has 1 aliphatic heterocycles. The van der Waals surface area contributed by atoms with E-state index in [2.05, 4.69) is 9.88 Å². The Kier molecular flexibility index (Phi) is 6.11. The molecule has 0 spiro atoms. The third kappa shape index (κ3) is 3.85. The molecule has 1 fully saturated rings. The fourth-order valence-corrected chi connectivity index (χ4v) is 4.51. The van der Waals surface area contributed by atoms with Crippen LogP contribution in [0, 0.1) is 0 Å². The smallest absolute Gasteiger partial charge is 0.141 e. The van der Waals surface area contributed by atoms with Crippen LogP contribution in [-0.4, -0.2) is 48.5 Å². The number of pyridine rings is 2. The summed E-state index contributed by atoms with van der Waals surface area (Å²) in [5.41, 5.74) is 1.09. The molecule has 0 aliphatic carbocycles. The molecular weight excluding hydrogens is 449 g/mol. The average molecular weight is 469 g/mol. The molecule has 0 atom stereocenters. The number of aliphatic hydroxyl groups excluding tert-OH is 1. The van der Waals surface area contributed by atoms with E-state index >= 15 is 0 Å². The van der Waals surface area contributed by atoms with Crippen LogP contribution in [0.2, 0.25) is 15.2 Å². The van der Waals surface area contributed by atoms with Gasteiger partial charge in [0.1, 0.15) is 22.5 Å². The van der Waals surface area contributed by atoms with Crippen LogP contribution < -0.4 is 14.4 Å². The van der Waals surface area contributed by atoms with Gasteiger partial charge in [0.25, 0.3) is 0 Å². The minimum absolute atomic E-state index is 0.299. The van der Waals surface area contributed by atoms with Crippen LogP contribution in [0.4, 0.5) is 5.82 Å². The van der Waals surface area contributed by atoms with E-state index in [4.69, 9.17) is 49.3 Å². The highest BCUT2D eigenvalue weighted by Crippen LogP contribution is 2.46. The number of piperidine rings is 1. The van der Waals surface area contributed by atoms with Gasteiger partial charge in [-0.3, -0.25) is 0 Å². The van der Waals surface area contributed by atoms with Gasteiger partial charge in [-0.1, -0.05) is 34.8 Å². The van der Waals surface area contributed by atoms with Gasteiger partial charge < -0.3 is 19.5 Å². The molecule has 0 radical (unpaired) electrons. The van der Waals surface area contributed by atoms with Gasteiger partial charge >= 0.3 is 0 Å². The minimum Gasteiger partial charge on any atom is -0.495 e. The first-order chi connectivity index (χ1) is 14.4. The first kappa shape index (κ1) is 21.2. The number of aromatic nitrogens is 2. The topological polar surface area (TPSA) is 67.7 Å². The van der Waals surface area contributed by atoms with Crippen LogP contribution in [-0.2, 0) is 0 Å². The Labute approximate surface area is 189 Å². The Balaban J connectivity index is 1.96. The van der Waals surface area contributed by atoms with Crippen LogP contribution >= 0.6 is 34.8 Å². The van der Waals surface area contributed by atoms with Crippen molar-refractivity contribution < 1.29 is 14.6 Å². The van der Waals surface area contributed by atoms with Crippen molar-refractivity contribution >= 4 is 51.4 Å². The van der Waals surface area contributed by atoms with Crippen molar-refractivity contribution in [1.29, 1.82) is 0 Å². The normalized spacial score (nSPS) is 14.9. The Hall–Kier alpha value is -1.99. The summed E-state index contributed by atoms with van der Waals surface area (Å²) >= 11 is 19.4. The zero-order valence-corrected chi connectivity index (χ0v) is 18.7. The number of halogens is 3. The second-order valence-corrected chi connectivity index (χ2v) is 8.20. The summed E-state index contributed by atoms with van der Waals surface area (Å²) in [5, 5.41) is 12.7. The SMILES string of the molecule is COc1cc(OC)c(Cl)c(-c2cc3cnc(Cl)cc3c(N3CCC(O)CC3)n2)c1Cl. The molecule has 1 aliphatic rings. The van der Waals surface area contributed by atoms with E-state index in [1.165, 1.54) is 14.2 Å². The summed E-state index contributed by atoms with van der Waals surface area (Å²) < 4.78 is 10.8. The largest absolute Gasteiger partial charge is 0.495 e. The molecule has 3 heterocycles. The maximum absolute atomic E-state index is 9.91. The zero-order valence-electron chi connectivity index (χ0n) is 16.5. The highest BCUT2D eigenvalue weighted by Gasteiger charge is 2.24. The van der Waals surface area contributed by atoms with E-state index in [9.17, 15) is 5.11 Å². The quantitative estimate of drug-likeness (QED) is 0.529. The molecule has 9 heteroatoms. The Bertz CT molecular complexity index is 1070. The van der Waals surface area contributed by atoms with Crippen molar-refractivity contribution in [3.8, 4) is 22.8 Å². The molecule has 0 bridgehead atoms. The highest BCUT2D eigenvalue weighted by molar-refractivity contribution is 6.41. The molecule has 4 rings (SSSR count). The van der Waals surface area contributed by atoms with E-state index in [0.29, 0.717) is 63.9 Å². The fourth-order valence-electron chi connectivity index (χ4n) is 3.66. The van der Waals surface area contributed by atoms with Crippen LogP contribution in [0.3, 0.4) is 0 Å². The number of benzene rings is 1. The first-order valence-corrected chi connectivity index (χ1v) is 10.6. The lowest BCUT2D eigenvalue weighted by molar-refractivity contribution is 0.145. The maximum atomic E-state index is 9.91. The molecule has 0 unspecified atom stereocenters. The van der Waals surface area contributed by atoms with Crippen molar-refractivity contribution in [1.82, 2.24) is 9.97 Å². The summed E-state index contributed by atoms with van der Waals surface area (Å²) in [7, 11) is 3.06. The number of rotatable bonds is 4. The highest BCUT2D eigenvalue weighted by atomic mass is 35.5. The van der Waals surface area contributed by atoms with Crippen molar-refractivity contribution in [3.05, 3.63) is 39.6 Å². The third-order valence-corrected chi connectivity index (χ3v) is 6.21. The van der Waals surface area contributed by atoms with Crippen molar-refractivity contribution in [3.63, 3.8) is 0 Å². The monoisotopic (exact) mass is 467 g/mol. The summed E-state index contributed by atoms with van der Waals surface area (Å²) in [4.78, 5) is 11.3. The number of ether oxygens (including phenoxy) is 2. The van der Waals surface area contributed by atoms with Gasteiger partial charge in [0.2, 0.25) is 0 Å². The molecule has 6 nitrogen and oxygen atoms in total. The van der Waals surface area contributed by atoms with E-state index < -0.39 is 0 Å². The van der Waals surface area contributed by atoms with Gasteiger partial charge in [-0.15, -0.1) is 0 Å². The zero-order chi connectivity index (χ0) is 21.4. The number of methoxy groups -OCH3 is 2. The fraction of sp³-hybridized carbons (Fsp3) is 0.333. The van der Waals surface area contributed by atoms with Crippen LogP contribution in [0.1, 0.15) is 12.8 Å². The van der Waals surface area contributed by atoms with E-state index in [0.717, 1.165) is 16.6 Å². The predicted octanol–water partition coefficient (Wildman–Crippen LogP) is 5.24. The van der Waals surface area contributed by atoms with Gasteiger partial charge in [0.15, 0.2) is 0 Å². The molecule has 0 saturated carbocycles. The van der Waals surface area contributed by atoms with Crippen molar-refractivity contribution in [2.75, 3.05) is 32.2 Å². The molecule has 30 heavy (non-hydrogen) atoms. The summed E-state index contributed by atoms with van der Waals surface area (Å²) in [6.07, 6.45) is 2.73. The van der Waals surface area contributed by atoms with E-state index in [-0.39, 0.29) is 6.10 Å². The first-order valence-electron chi connectivity index (χ1n) is 9.42. The maximum Gasteiger partial charge on any atom is 0.141 e. The lowest BCUT2D eigenvalue weighted by Crippen LogP contribution is -2.36. The van der Waals surface area contributed by atoms with E-state index in [1.807, 2.05) is 6.07 Å². The molecule has 0 amide bonds. The van der Waals surface area contributed by atoms with E-state index in [1.54, 1.807) is 18.3 Å². The summed E-state index contributed by atoms with van der Waals surface area (Å²) in [5.74, 6) is 1.62. The molecular formula is C21H20Cl3N3O3. The van der Waals surface area contributed by atoms with Gasteiger partial charge in [-0.25, -0.2) is 9.97 Å². The Morgan fingerprint density at radius 1 is 1.00 bits per heavy atom. The molecule has 1 N–H and O–H groups in total. The number of nitrogens with zero attached hydrogens (tertiary/aromatic N) is 3. The number of aliphatic hydroxyl groups is 1. The number of hydrogen-bond donors (Lipinski definition) is 1. The predicted molar refractivity (Wildman–Crippen MR) is 121 cm³/mol. The standard InChI is InChI=1S/C21H20Cl3N3O3/c1-29-15-9-16(30-2)20(24)18(19(15)23)14-7-11-10-25-17(22)8-13(11)21(26-14)27-5-3-12(28)4-6-27/h7-10,12,28H,3-6H2,1-2H3. The molecule has 1 aromatic carbocycles. The minimum atomic E-state index is -0.299. The molecule has 1 saturated heterocycles. The van der Waals surface area contributed by atoms with Crippen LogP contribution in [0.15, 0.2) is 24.4 Å². The van der Waals surface area contributed by atoms with Crippen molar-refractivity contribution in [2.24, 2.45) is 0 Å². The number of anilines is 1. The Morgan fingerprint density at radius 2 is 1.63 bits per heavy atom.